The van der Waals surface area contributed by atoms with Gasteiger partial charge in [-0.3, -0.25) is 9.59 Å². The fourth-order valence-corrected chi connectivity index (χ4v) is 2.64. The molecule has 0 aromatic carbocycles. The highest BCUT2D eigenvalue weighted by molar-refractivity contribution is 6.53. The van der Waals surface area contributed by atoms with Crippen LogP contribution < -0.4 is 0 Å². The Morgan fingerprint density at radius 3 is 1.27 bits per heavy atom. The lowest BCUT2D eigenvalue weighted by molar-refractivity contribution is -0.130. The van der Waals surface area contributed by atoms with Gasteiger partial charge in [0, 0.05) is 26.2 Å². The third kappa shape index (κ3) is 8.66. The molecule has 0 rings (SSSR count). The lowest BCUT2D eigenvalue weighted by Gasteiger charge is -2.22. The molecule has 0 bridgehead atoms. The minimum absolute atomic E-state index is 0.246. The summed E-state index contributed by atoms with van der Waals surface area (Å²) in [6.07, 6.45) is 3.70. The largest absolute Gasteiger partial charge is 0.341 e. The van der Waals surface area contributed by atoms with E-state index in [0.29, 0.717) is 26.2 Å². The van der Waals surface area contributed by atoms with Gasteiger partial charge in [-0.05, 0) is 26.7 Å². The molecular weight excluding hydrogens is 370 g/mol. The number of carbonyl (C=O) groups is 2. The van der Waals surface area contributed by atoms with Gasteiger partial charge >= 0.3 is 0 Å². The Bertz CT molecular complexity index is 309. The van der Waals surface area contributed by atoms with E-state index in [1.54, 1.807) is 9.80 Å². The Balaban J connectivity index is 3.89. The van der Waals surface area contributed by atoms with Crippen molar-refractivity contribution in [2.75, 3.05) is 26.2 Å². The van der Waals surface area contributed by atoms with Gasteiger partial charge in [-0.25, -0.2) is 0 Å². The van der Waals surface area contributed by atoms with Crippen LogP contribution in [0.5, 0.6) is 0 Å². The lowest BCUT2D eigenvalue weighted by Crippen LogP contribution is -2.36. The third-order valence-corrected chi connectivity index (χ3v) is 4.11. The summed E-state index contributed by atoms with van der Waals surface area (Å²) in [6, 6.07) is 0. The van der Waals surface area contributed by atoms with Crippen LogP contribution >= 0.6 is 46.4 Å². The van der Waals surface area contributed by atoms with Gasteiger partial charge in [-0.15, -0.1) is 0 Å². The quantitative estimate of drug-likeness (QED) is 0.395. The molecule has 0 radical (unpaired) electrons. The number of carbonyl (C=O) groups excluding carboxylic acids is 2. The fourth-order valence-electron chi connectivity index (χ4n) is 2.08. The molecule has 0 heterocycles. The molecule has 4 nitrogen and oxygen atoms in total. The van der Waals surface area contributed by atoms with Crippen molar-refractivity contribution in [2.45, 2.75) is 49.2 Å². The van der Waals surface area contributed by atoms with Crippen molar-refractivity contribution >= 4 is 58.2 Å². The van der Waals surface area contributed by atoms with Crippen LogP contribution in [-0.2, 0) is 9.59 Å². The average molecular weight is 394 g/mol. The highest BCUT2D eigenvalue weighted by Gasteiger charge is 2.19. The molecule has 130 valence electrons. The maximum atomic E-state index is 11.7. The van der Waals surface area contributed by atoms with Crippen molar-refractivity contribution in [3.63, 3.8) is 0 Å². The van der Waals surface area contributed by atoms with Crippen LogP contribution in [0.15, 0.2) is 0 Å². The average Bonchev–Trinajstić information content (AvgIpc) is 2.48. The number of hydrogen-bond donors (Lipinski definition) is 0. The van der Waals surface area contributed by atoms with Crippen LogP contribution in [0.25, 0.3) is 0 Å². The second-order valence-corrected chi connectivity index (χ2v) is 7.04. The summed E-state index contributed by atoms with van der Waals surface area (Å²) in [6.45, 7) is 6.28. The van der Waals surface area contributed by atoms with Crippen LogP contribution in [0.3, 0.4) is 0 Å². The first kappa shape index (κ1) is 22.1. The van der Waals surface area contributed by atoms with E-state index < -0.39 is 9.67 Å². The van der Waals surface area contributed by atoms with E-state index in [4.69, 9.17) is 46.4 Å². The van der Waals surface area contributed by atoms with Crippen LogP contribution in [-0.4, -0.2) is 57.5 Å². The molecule has 0 N–H and O–H groups in total. The minimum atomic E-state index is -0.997. The van der Waals surface area contributed by atoms with Crippen LogP contribution in [0.2, 0.25) is 0 Å². The molecular formula is C14H24Cl4N2O2. The topological polar surface area (TPSA) is 40.6 Å². The van der Waals surface area contributed by atoms with Gasteiger partial charge < -0.3 is 9.80 Å². The monoisotopic (exact) mass is 392 g/mol. The number of rotatable bonds is 11. The number of alkyl halides is 4. The molecule has 0 aliphatic rings. The van der Waals surface area contributed by atoms with E-state index in [1.807, 2.05) is 13.8 Å². The third-order valence-electron chi connectivity index (χ3n) is 3.37. The van der Waals surface area contributed by atoms with Gasteiger partial charge in [-0.1, -0.05) is 59.2 Å². The van der Waals surface area contributed by atoms with Crippen molar-refractivity contribution < 1.29 is 9.59 Å². The molecule has 0 spiro atoms. The molecule has 8 heteroatoms. The maximum absolute atomic E-state index is 11.7. The number of hydrogen-bond acceptors (Lipinski definition) is 2. The molecule has 0 saturated carbocycles. The van der Waals surface area contributed by atoms with Crippen molar-refractivity contribution in [2.24, 2.45) is 0 Å². The standard InChI is InChI=1S/C14H24Cl4N2O2/c1-3-19(13(21)11(15)16)9-7-5-6-8-10-20(4-2)14(22)12(17)18/h11-12H,3-10H2,1-2H3. The van der Waals surface area contributed by atoms with E-state index in [-0.39, 0.29) is 11.8 Å². The Kier molecular flexibility index (Phi) is 12.6. The van der Waals surface area contributed by atoms with Crippen LogP contribution in [0, 0.1) is 0 Å². The highest BCUT2D eigenvalue weighted by atomic mass is 35.5. The van der Waals surface area contributed by atoms with Gasteiger partial charge in [-0.2, -0.15) is 0 Å². The van der Waals surface area contributed by atoms with Gasteiger partial charge in [0.05, 0.1) is 0 Å². The summed E-state index contributed by atoms with van der Waals surface area (Å²) in [5, 5.41) is 0. The number of unbranched alkanes of at least 4 members (excludes halogenated alkanes) is 3. The molecule has 0 fully saturated rings. The molecule has 0 aliphatic carbocycles. The summed E-state index contributed by atoms with van der Waals surface area (Å²) in [5.74, 6) is -0.493. The van der Waals surface area contributed by atoms with E-state index >= 15 is 0 Å². The zero-order valence-electron chi connectivity index (χ0n) is 13.0. The Morgan fingerprint density at radius 1 is 0.727 bits per heavy atom. The molecule has 0 aromatic heterocycles. The lowest BCUT2D eigenvalue weighted by atomic mass is 10.1. The molecule has 0 aromatic rings. The molecule has 0 unspecified atom stereocenters. The van der Waals surface area contributed by atoms with Gasteiger partial charge in [0.25, 0.3) is 11.8 Å². The van der Waals surface area contributed by atoms with Crippen molar-refractivity contribution in [3.05, 3.63) is 0 Å². The highest BCUT2D eigenvalue weighted by Crippen LogP contribution is 2.11. The predicted octanol–water partition coefficient (Wildman–Crippen LogP) is 3.85. The van der Waals surface area contributed by atoms with E-state index in [9.17, 15) is 9.59 Å². The number of halogens is 4. The van der Waals surface area contributed by atoms with E-state index in [1.165, 1.54) is 0 Å². The van der Waals surface area contributed by atoms with Crippen molar-refractivity contribution in [3.8, 4) is 0 Å². The zero-order valence-corrected chi connectivity index (χ0v) is 16.1. The SMILES string of the molecule is CCN(CCCCCCN(CC)C(=O)C(Cl)Cl)C(=O)C(Cl)Cl. The summed E-state index contributed by atoms with van der Waals surface area (Å²) < 4.78 is 0. The van der Waals surface area contributed by atoms with E-state index in [0.717, 1.165) is 25.7 Å². The van der Waals surface area contributed by atoms with Gasteiger partial charge in [0.1, 0.15) is 0 Å². The first-order valence-electron chi connectivity index (χ1n) is 7.48. The Hall–Kier alpha value is 0.1000. The minimum Gasteiger partial charge on any atom is -0.341 e. The van der Waals surface area contributed by atoms with Crippen molar-refractivity contribution in [1.82, 2.24) is 9.80 Å². The van der Waals surface area contributed by atoms with Crippen molar-refractivity contribution in [1.29, 1.82) is 0 Å². The van der Waals surface area contributed by atoms with Gasteiger partial charge in [0.2, 0.25) is 0 Å². The second-order valence-electron chi connectivity index (χ2n) is 4.85. The molecule has 0 saturated heterocycles. The smallest absolute Gasteiger partial charge is 0.255 e. The van der Waals surface area contributed by atoms with E-state index in [2.05, 4.69) is 0 Å². The Labute approximate surface area is 153 Å². The first-order chi connectivity index (χ1) is 10.3. The normalized spacial score (nSPS) is 11.1. The summed E-state index contributed by atoms with van der Waals surface area (Å²) in [5.41, 5.74) is 0. The second kappa shape index (κ2) is 12.5. The first-order valence-corrected chi connectivity index (χ1v) is 9.23. The van der Waals surface area contributed by atoms with Crippen LogP contribution in [0.4, 0.5) is 0 Å². The predicted molar refractivity (Wildman–Crippen MR) is 94.0 cm³/mol. The van der Waals surface area contributed by atoms with Gasteiger partial charge in [0.15, 0.2) is 9.67 Å². The fraction of sp³-hybridized carbons (Fsp3) is 0.857. The summed E-state index contributed by atoms with van der Waals surface area (Å²) in [4.78, 5) is 24.6. The number of amides is 2. The van der Waals surface area contributed by atoms with Crippen LogP contribution in [0.1, 0.15) is 39.5 Å². The maximum Gasteiger partial charge on any atom is 0.255 e. The Morgan fingerprint density at radius 2 is 1.05 bits per heavy atom. The summed E-state index contributed by atoms with van der Waals surface area (Å²) in [7, 11) is 0. The molecule has 2 amide bonds. The molecule has 22 heavy (non-hydrogen) atoms. The molecule has 0 aliphatic heterocycles. The number of nitrogens with zero attached hydrogens (tertiary/aromatic N) is 2. The summed E-state index contributed by atoms with van der Waals surface area (Å²) >= 11 is 22.3. The zero-order chi connectivity index (χ0) is 17.1. The molecule has 0 atom stereocenters.